The van der Waals surface area contributed by atoms with E-state index in [0.717, 1.165) is 42.9 Å². The molecule has 1 atom stereocenters. The molecule has 0 spiro atoms. The Morgan fingerprint density at radius 2 is 2.04 bits per heavy atom. The second kappa shape index (κ2) is 8.69. The van der Waals surface area contributed by atoms with E-state index in [1.807, 2.05) is 12.1 Å². The molecule has 2 aromatic rings. The van der Waals surface area contributed by atoms with E-state index in [1.165, 1.54) is 18.4 Å². The van der Waals surface area contributed by atoms with E-state index in [0.29, 0.717) is 12.0 Å². The molecular weight excluding hydrogens is 381 g/mol. The number of hydrogen-bond acceptors (Lipinski definition) is 4. The third kappa shape index (κ3) is 4.47. The van der Waals surface area contributed by atoms with Gasteiger partial charge in [0.1, 0.15) is 11.6 Å². The average molecular weight is 405 g/mol. The number of nitrogens with zero attached hydrogens (tertiary/aromatic N) is 4. The summed E-state index contributed by atoms with van der Waals surface area (Å²) in [5, 5.41) is 13.1. The third-order valence-corrected chi connectivity index (χ3v) is 5.11. The maximum absolute atomic E-state index is 6.18. The summed E-state index contributed by atoms with van der Waals surface area (Å²) in [6.45, 7) is 3.77. The highest BCUT2D eigenvalue weighted by atomic mass is 35.5. The Bertz CT molecular complexity index is 701. The van der Waals surface area contributed by atoms with Gasteiger partial charge >= 0.3 is 0 Å². The van der Waals surface area contributed by atoms with Gasteiger partial charge in [-0.1, -0.05) is 23.7 Å². The normalized spacial score (nSPS) is 20.6. The van der Waals surface area contributed by atoms with Gasteiger partial charge in [0, 0.05) is 43.7 Å². The molecule has 4 rings (SSSR count). The van der Waals surface area contributed by atoms with Gasteiger partial charge in [0.2, 0.25) is 0 Å². The van der Waals surface area contributed by atoms with E-state index >= 15 is 0 Å². The van der Waals surface area contributed by atoms with Crippen LogP contribution >= 0.6 is 36.4 Å². The molecule has 1 unspecified atom stereocenters. The molecule has 0 amide bonds. The zero-order valence-electron chi connectivity index (χ0n) is 14.2. The van der Waals surface area contributed by atoms with E-state index < -0.39 is 0 Å². The monoisotopic (exact) mass is 403 g/mol. The Morgan fingerprint density at radius 3 is 2.76 bits per heavy atom. The topological polar surface area (TPSA) is 46.0 Å². The van der Waals surface area contributed by atoms with Crippen LogP contribution in [0.2, 0.25) is 5.02 Å². The summed E-state index contributed by atoms with van der Waals surface area (Å²) in [6.07, 6.45) is 2.51. The Hall–Kier alpha value is -0.850. The largest absolute Gasteiger partial charge is 0.317 e. The molecule has 0 radical (unpaired) electrons. The molecule has 1 aromatic carbocycles. The van der Waals surface area contributed by atoms with Gasteiger partial charge < -0.3 is 9.88 Å². The molecule has 138 valence electrons. The molecule has 1 saturated carbocycles. The van der Waals surface area contributed by atoms with Gasteiger partial charge in [0.15, 0.2) is 0 Å². The number of aromatic nitrogens is 3. The number of rotatable bonds is 4. The maximum atomic E-state index is 6.18. The van der Waals surface area contributed by atoms with Crippen LogP contribution in [-0.2, 0) is 13.6 Å². The molecule has 25 heavy (non-hydrogen) atoms. The molecule has 0 bridgehead atoms. The Kier molecular flexibility index (Phi) is 7.11. The molecular formula is C17H24Cl3N5. The standard InChI is InChI=1S/C17H22ClN5.2ClH/c1-22-16(20-21-17(22)12-5-6-12)11-23-8-7-19-10-15(23)13-3-2-4-14(18)9-13;;/h2-4,9,12,15,19H,5-8,10-11H2,1H3;2*1H. The van der Waals surface area contributed by atoms with Gasteiger partial charge in [-0.05, 0) is 30.5 Å². The highest BCUT2D eigenvalue weighted by Crippen LogP contribution is 2.39. The van der Waals surface area contributed by atoms with E-state index in [1.54, 1.807) is 0 Å². The minimum Gasteiger partial charge on any atom is -0.317 e. The predicted octanol–water partition coefficient (Wildman–Crippen LogP) is 3.34. The van der Waals surface area contributed by atoms with Crippen molar-refractivity contribution < 1.29 is 0 Å². The van der Waals surface area contributed by atoms with Crippen molar-refractivity contribution in [3.05, 3.63) is 46.5 Å². The summed E-state index contributed by atoms with van der Waals surface area (Å²) in [5.41, 5.74) is 1.26. The SMILES string of the molecule is Cl.Cl.Cn1c(CN2CCNCC2c2cccc(Cl)c2)nnc1C1CC1. The lowest BCUT2D eigenvalue weighted by molar-refractivity contribution is 0.148. The van der Waals surface area contributed by atoms with Crippen molar-refractivity contribution in [3.63, 3.8) is 0 Å². The van der Waals surface area contributed by atoms with Crippen LogP contribution in [-0.4, -0.2) is 39.3 Å². The van der Waals surface area contributed by atoms with Crippen molar-refractivity contribution >= 4 is 36.4 Å². The van der Waals surface area contributed by atoms with Crippen LogP contribution in [0.1, 0.15) is 42.0 Å². The van der Waals surface area contributed by atoms with Crippen LogP contribution in [0.4, 0.5) is 0 Å². The smallest absolute Gasteiger partial charge is 0.146 e. The summed E-state index contributed by atoms with van der Waals surface area (Å²) in [5.74, 6) is 2.84. The zero-order chi connectivity index (χ0) is 15.8. The van der Waals surface area contributed by atoms with Gasteiger partial charge in [-0.25, -0.2) is 0 Å². The van der Waals surface area contributed by atoms with Crippen molar-refractivity contribution in [1.82, 2.24) is 25.0 Å². The van der Waals surface area contributed by atoms with Gasteiger partial charge in [-0.3, -0.25) is 4.90 Å². The number of halogens is 3. The fourth-order valence-electron chi connectivity index (χ4n) is 3.37. The quantitative estimate of drug-likeness (QED) is 0.849. The molecule has 1 aliphatic carbocycles. The lowest BCUT2D eigenvalue weighted by atomic mass is 10.0. The summed E-state index contributed by atoms with van der Waals surface area (Å²) < 4.78 is 2.19. The van der Waals surface area contributed by atoms with Crippen LogP contribution in [0.15, 0.2) is 24.3 Å². The molecule has 1 saturated heterocycles. The van der Waals surface area contributed by atoms with Gasteiger partial charge in [0.05, 0.1) is 6.54 Å². The number of piperazine rings is 1. The summed E-state index contributed by atoms with van der Waals surface area (Å²) in [4.78, 5) is 2.48. The van der Waals surface area contributed by atoms with E-state index in [-0.39, 0.29) is 24.8 Å². The fourth-order valence-corrected chi connectivity index (χ4v) is 3.57. The highest BCUT2D eigenvalue weighted by molar-refractivity contribution is 6.30. The van der Waals surface area contributed by atoms with E-state index in [2.05, 4.69) is 44.2 Å². The van der Waals surface area contributed by atoms with Crippen LogP contribution in [0.5, 0.6) is 0 Å². The Labute approximate surface area is 166 Å². The third-order valence-electron chi connectivity index (χ3n) is 4.87. The minimum absolute atomic E-state index is 0. The number of benzene rings is 1. The number of nitrogens with one attached hydrogen (secondary N) is 1. The molecule has 8 heteroatoms. The first-order chi connectivity index (χ1) is 11.2. The van der Waals surface area contributed by atoms with Gasteiger partial charge in [-0.15, -0.1) is 35.0 Å². The second-order valence-electron chi connectivity index (χ2n) is 6.55. The van der Waals surface area contributed by atoms with E-state index in [4.69, 9.17) is 11.6 Å². The fraction of sp³-hybridized carbons (Fsp3) is 0.529. The van der Waals surface area contributed by atoms with Crippen LogP contribution in [0.25, 0.3) is 0 Å². The van der Waals surface area contributed by atoms with Gasteiger partial charge in [0.25, 0.3) is 0 Å². The minimum atomic E-state index is 0. The summed E-state index contributed by atoms with van der Waals surface area (Å²) in [7, 11) is 2.10. The van der Waals surface area contributed by atoms with Crippen LogP contribution < -0.4 is 5.32 Å². The molecule has 2 heterocycles. The molecule has 1 aromatic heterocycles. The lowest BCUT2D eigenvalue weighted by Crippen LogP contribution is -2.45. The van der Waals surface area contributed by atoms with Gasteiger partial charge in [-0.2, -0.15) is 0 Å². The number of hydrogen-bond donors (Lipinski definition) is 1. The van der Waals surface area contributed by atoms with Crippen molar-refractivity contribution in [2.24, 2.45) is 7.05 Å². The van der Waals surface area contributed by atoms with Crippen molar-refractivity contribution in [3.8, 4) is 0 Å². The first kappa shape index (κ1) is 20.5. The van der Waals surface area contributed by atoms with E-state index in [9.17, 15) is 0 Å². The molecule has 2 fully saturated rings. The summed E-state index contributed by atoms with van der Waals surface area (Å²) >= 11 is 6.18. The first-order valence-electron chi connectivity index (χ1n) is 8.31. The predicted molar refractivity (Wildman–Crippen MR) is 105 cm³/mol. The molecule has 1 N–H and O–H groups in total. The first-order valence-corrected chi connectivity index (χ1v) is 8.68. The average Bonchev–Trinajstić information content (AvgIpc) is 3.33. The maximum Gasteiger partial charge on any atom is 0.146 e. The lowest BCUT2D eigenvalue weighted by Gasteiger charge is -2.36. The Morgan fingerprint density at radius 1 is 1.24 bits per heavy atom. The van der Waals surface area contributed by atoms with Crippen LogP contribution in [0.3, 0.4) is 0 Å². The molecule has 1 aliphatic heterocycles. The second-order valence-corrected chi connectivity index (χ2v) is 6.99. The van der Waals surface area contributed by atoms with Crippen molar-refractivity contribution in [1.29, 1.82) is 0 Å². The highest BCUT2D eigenvalue weighted by Gasteiger charge is 2.30. The van der Waals surface area contributed by atoms with Crippen molar-refractivity contribution in [2.75, 3.05) is 19.6 Å². The summed E-state index contributed by atoms with van der Waals surface area (Å²) in [6, 6.07) is 8.50. The Balaban J connectivity index is 0.00000113. The van der Waals surface area contributed by atoms with Crippen molar-refractivity contribution in [2.45, 2.75) is 31.3 Å². The molecule has 2 aliphatic rings. The van der Waals surface area contributed by atoms with Crippen LogP contribution in [0, 0.1) is 0 Å². The molecule has 5 nitrogen and oxygen atoms in total. The zero-order valence-corrected chi connectivity index (χ0v) is 16.6.